The standard InChI is InChI=1S/C23H25N3O2S.ClH/c24-16-17-8-10-18(11-9-17)22-21(27)23(28)26(15-14-25-12-4-1-5-13-25)19-6-2-3-7-20(19)29-22;/h2-3,6-11,21-22,27H,1,4-5,12-15H2;1H. The molecule has 0 radical (unpaired) electrons. The summed E-state index contributed by atoms with van der Waals surface area (Å²) in [5.74, 6) is -0.256. The molecule has 0 bridgehead atoms. The Labute approximate surface area is 188 Å². The van der Waals surface area contributed by atoms with Crippen LogP contribution in [0.3, 0.4) is 0 Å². The van der Waals surface area contributed by atoms with Crippen molar-refractivity contribution in [3.8, 4) is 6.07 Å². The average Bonchev–Trinajstić information content (AvgIpc) is 2.88. The molecular weight excluding hydrogens is 418 g/mol. The molecule has 2 aromatic rings. The molecule has 1 N–H and O–H groups in total. The van der Waals surface area contributed by atoms with E-state index in [0.717, 1.165) is 35.8 Å². The van der Waals surface area contributed by atoms with Gasteiger partial charge in [0.2, 0.25) is 0 Å². The van der Waals surface area contributed by atoms with E-state index >= 15 is 0 Å². The highest BCUT2D eigenvalue weighted by Crippen LogP contribution is 2.45. The summed E-state index contributed by atoms with van der Waals surface area (Å²) in [6.07, 6.45) is 2.57. The molecule has 0 aliphatic carbocycles. The van der Waals surface area contributed by atoms with Crippen molar-refractivity contribution in [1.29, 1.82) is 5.26 Å². The maximum atomic E-state index is 13.3. The molecule has 4 rings (SSSR count). The highest BCUT2D eigenvalue weighted by molar-refractivity contribution is 7.99. The molecule has 2 atom stereocenters. The van der Waals surface area contributed by atoms with Crippen LogP contribution in [-0.4, -0.2) is 48.2 Å². The second-order valence-corrected chi connectivity index (χ2v) is 8.76. The first-order valence-corrected chi connectivity index (χ1v) is 11.0. The number of aliphatic hydroxyl groups is 1. The van der Waals surface area contributed by atoms with Gasteiger partial charge in [-0.05, 0) is 55.8 Å². The molecule has 2 unspecified atom stereocenters. The van der Waals surface area contributed by atoms with Gasteiger partial charge in [-0.2, -0.15) is 5.26 Å². The number of hydrogen-bond donors (Lipinski definition) is 1. The first kappa shape index (κ1) is 22.6. The number of thioether (sulfide) groups is 1. The Hall–Kier alpha value is -2.04. The van der Waals surface area contributed by atoms with Gasteiger partial charge >= 0.3 is 0 Å². The molecule has 5 nitrogen and oxygen atoms in total. The van der Waals surface area contributed by atoms with Crippen molar-refractivity contribution in [2.75, 3.05) is 31.1 Å². The maximum absolute atomic E-state index is 13.3. The van der Waals surface area contributed by atoms with Crippen molar-refractivity contribution in [2.24, 2.45) is 0 Å². The van der Waals surface area contributed by atoms with Crippen LogP contribution in [0.5, 0.6) is 0 Å². The molecule has 2 aliphatic heterocycles. The van der Waals surface area contributed by atoms with Crippen molar-refractivity contribution >= 4 is 35.8 Å². The van der Waals surface area contributed by atoms with Gasteiger partial charge in [-0.15, -0.1) is 24.2 Å². The van der Waals surface area contributed by atoms with Gasteiger partial charge in [0.05, 0.1) is 22.6 Å². The van der Waals surface area contributed by atoms with E-state index in [1.54, 1.807) is 17.0 Å². The van der Waals surface area contributed by atoms with Crippen molar-refractivity contribution in [2.45, 2.75) is 35.5 Å². The summed E-state index contributed by atoms with van der Waals surface area (Å²) >= 11 is 1.51. The predicted molar refractivity (Wildman–Crippen MR) is 122 cm³/mol. The lowest BCUT2D eigenvalue weighted by Crippen LogP contribution is -2.45. The number of aliphatic hydroxyl groups excluding tert-OH is 1. The normalized spacial score (nSPS) is 21.9. The van der Waals surface area contributed by atoms with Gasteiger partial charge in [-0.1, -0.05) is 30.7 Å². The Kier molecular flexibility index (Phi) is 7.79. The minimum atomic E-state index is -1.14. The van der Waals surface area contributed by atoms with Crippen LogP contribution in [0.15, 0.2) is 53.4 Å². The topological polar surface area (TPSA) is 67.6 Å². The van der Waals surface area contributed by atoms with E-state index in [-0.39, 0.29) is 18.3 Å². The molecule has 1 amide bonds. The number of piperidine rings is 1. The van der Waals surface area contributed by atoms with E-state index in [1.165, 1.54) is 31.0 Å². The molecule has 30 heavy (non-hydrogen) atoms. The lowest BCUT2D eigenvalue weighted by molar-refractivity contribution is -0.126. The summed E-state index contributed by atoms with van der Waals surface area (Å²) in [6, 6.07) is 17.1. The van der Waals surface area contributed by atoms with Gasteiger partial charge in [0.1, 0.15) is 6.10 Å². The summed E-state index contributed by atoms with van der Waals surface area (Å²) in [5, 5.41) is 19.6. The van der Waals surface area contributed by atoms with E-state index in [2.05, 4.69) is 11.0 Å². The SMILES string of the molecule is Cl.N#Cc1ccc(C2Sc3ccccc3N(CCN3CCCCC3)C(=O)C2O)cc1. The highest BCUT2D eigenvalue weighted by atomic mass is 35.5. The fourth-order valence-corrected chi connectivity index (χ4v) is 5.31. The van der Waals surface area contributed by atoms with Crippen LogP contribution < -0.4 is 4.90 Å². The number of para-hydroxylation sites is 1. The highest BCUT2D eigenvalue weighted by Gasteiger charge is 2.37. The van der Waals surface area contributed by atoms with Gasteiger partial charge in [0.25, 0.3) is 5.91 Å². The summed E-state index contributed by atoms with van der Waals surface area (Å²) < 4.78 is 0. The third-order valence-electron chi connectivity index (χ3n) is 5.67. The van der Waals surface area contributed by atoms with Crippen molar-refractivity contribution < 1.29 is 9.90 Å². The fourth-order valence-electron chi connectivity index (χ4n) is 4.04. The Morgan fingerprint density at radius 1 is 1.03 bits per heavy atom. The first-order valence-electron chi connectivity index (χ1n) is 10.1. The summed E-state index contributed by atoms with van der Waals surface area (Å²) in [7, 11) is 0. The zero-order valence-electron chi connectivity index (χ0n) is 16.7. The molecule has 1 saturated heterocycles. The van der Waals surface area contributed by atoms with Crippen LogP contribution >= 0.6 is 24.2 Å². The molecule has 158 valence electrons. The van der Waals surface area contributed by atoms with Gasteiger partial charge in [-0.25, -0.2) is 0 Å². The number of carbonyl (C=O) groups is 1. The van der Waals surface area contributed by atoms with Crippen molar-refractivity contribution in [1.82, 2.24) is 4.90 Å². The average molecular weight is 444 g/mol. The van der Waals surface area contributed by atoms with Crippen LogP contribution in [0, 0.1) is 11.3 Å². The number of likely N-dealkylation sites (tertiary alicyclic amines) is 1. The number of rotatable bonds is 4. The van der Waals surface area contributed by atoms with Gasteiger partial charge in [-0.3, -0.25) is 4.79 Å². The number of anilines is 1. The molecule has 2 aliphatic rings. The maximum Gasteiger partial charge on any atom is 0.257 e. The predicted octanol–water partition coefficient (Wildman–Crippen LogP) is 4.01. The zero-order valence-corrected chi connectivity index (χ0v) is 18.4. The Bertz CT molecular complexity index is 909. The third kappa shape index (κ3) is 4.81. The number of carbonyl (C=O) groups excluding carboxylic acids is 1. The summed E-state index contributed by atoms with van der Waals surface area (Å²) in [6.45, 7) is 3.55. The van der Waals surface area contributed by atoms with Crippen LogP contribution in [0.2, 0.25) is 0 Å². The van der Waals surface area contributed by atoms with Gasteiger partial charge in [0.15, 0.2) is 0 Å². The van der Waals surface area contributed by atoms with Crippen LogP contribution in [0.1, 0.15) is 35.6 Å². The van der Waals surface area contributed by atoms with E-state index in [9.17, 15) is 9.90 Å². The zero-order chi connectivity index (χ0) is 20.2. The van der Waals surface area contributed by atoms with E-state index in [1.807, 2.05) is 36.4 Å². The van der Waals surface area contributed by atoms with Crippen molar-refractivity contribution in [3.63, 3.8) is 0 Å². The lowest BCUT2D eigenvalue weighted by Gasteiger charge is -2.30. The molecule has 2 aromatic carbocycles. The van der Waals surface area contributed by atoms with E-state index in [0.29, 0.717) is 12.1 Å². The summed E-state index contributed by atoms with van der Waals surface area (Å²) in [5.41, 5.74) is 2.29. The molecular formula is C23H26ClN3O2S. The van der Waals surface area contributed by atoms with Crippen LogP contribution in [0.4, 0.5) is 5.69 Å². The fraction of sp³-hybridized carbons (Fsp3) is 0.391. The van der Waals surface area contributed by atoms with Crippen LogP contribution in [0.25, 0.3) is 0 Å². The summed E-state index contributed by atoms with van der Waals surface area (Å²) in [4.78, 5) is 18.4. The second kappa shape index (κ2) is 10.3. The Morgan fingerprint density at radius 2 is 1.73 bits per heavy atom. The number of halogens is 1. The molecule has 0 spiro atoms. The Morgan fingerprint density at radius 3 is 2.43 bits per heavy atom. The monoisotopic (exact) mass is 443 g/mol. The molecule has 0 aromatic heterocycles. The van der Waals surface area contributed by atoms with Crippen molar-refractivity contribution in [3.05, 3.63) is 59.7 Å². The van der Waals surface area contributed by atoms with Gasteiger partial charge in [0, 0.05) is 18.0 Å². The largest absolute Gasteiger partial charge is 0.382 e. The smallest absolute Gasteiger partial charge is 0.257 e. The molecule has 0 saturated carbocycles. The minimum Gasteiger partial charge on any atom is -0.382 e. The number of fused-ring (bicyclic) bond motifs is 1. The van der Waals surface area contributed by atoms with E-state index < -0.39 is 11.4 Å². The molecule has 2 heterocycles. The van der Waals surface area contributed by atoms with E-state index in [4.69, 9.17) is 5.26 Å². The first-order chi connectivity index (χ1) is 14.2. The number of nitrogens with zero attached hydrogens (tertiary/aromatic N) is 3. The number of hydrogen-bond acceptors (Lipinski definition) is 5. The number of amides is 1. The quantitative estimate of drug-likeness (QED) is 0.773. The van der Waals surface area contributed by atoms with Gasteiger partial charge < -0.3 is 14.9 Å². The number of nitriles is 1. The van der Waals surface area contributed by atoms with Crippen LogP contribution in [-0.2, 0) is 4.79 Å². The lowest BCUT2D eigenvalue weighted by atomic mass is 10.0. The molecule has 7 heteroatoms. The number of benzene rings is 2. The second-order valence-electron chi connectivity index (χ2n) is 7.58. The molecule has 1 fully saturated rings. The minimum absolute atomic E-state index is 0. The third-order valence-corrected chi connectivity index (χ3v) is 7.06. The Balaban J connectivity index is 0.00000256.